The molecule has 0 radical (unpaired) electrons. The predicted molar refractivity (Wildman–Crippen MR) is 74.3 cm³/mol. The number of nitrogens with zero attached hydrogens (tertiary/aromatic N) is 2. The fourth-order valence-corrected chi connectivity index (χ4v) is 1.10. The van der Waals surface area contributed by atoms with Crippen molar-refractivity contribution in [2.45, 2.75) is 0 Å². The van der Waals surface area contributed by atoms with Gasteiger partial charge in [0.1, 0.15) is 11.6 Å². The summed E-state index contributed by atoms with van der Waals surface area (Å²) >= 11 is 0. The molecule has 0 spiro atoms. The zero-order valence-electron chi connectivity index (χ0n) is 10.5. The monoisotopic (exact) mass is 274 g/mol. The van der Waals surface area contributed by atoms with Gasteiger partial charge in [-0.1, -0.05) is 0 Å². The third-order valence-corrected chi connectivity index (χ3v) is 2.14. The highest BCUT2D eigenvalue weighted by Crippen LogP contribution is 1.99. The Morgan fingerprint density at radius 3 is 1.30 bits per heavy atom. The average Bonchev–Trinajstić information content (AvgIpc) is 2.40. The number of anilines is 2. The molecular formula is C12H14N6O2. The van der Waals surface area contributed by atoms with Gasteiger partial charge in [0.15, 0.2) is 0 Å². The molecule has 2 aromatic heterocycles. The van der Waals surface area contributed by atoms with E-state index < -0.39 is 11.8 Å². The molecule has 8 nitrogen and oxygen atoms in total. The van der Waals surface area contributed by atoms with E-state index in [-0.39, 0.29) is 0 Å². The second-order valence-electron chi connectivity index (χ2n) is 3.67. The van der Waals surface area contributed by atoms with Crippen LogP contribution in [0.25, 0.3) is 0 Å². The molecule has 0 aliphatic carbocycles. The van der Waals surface area contributed by atoms with Crippen LogP contribution in [0.2, 0.25) is 0 Å². The summed E-state index contributed by atoms with van der Waals surface area (Å²) in [6.45, 7) is 0. The molecule has 2 heterocycles. The molecule has 0 unspecified atom stereocenters. The van der Waals surface area contributed by atoms with Crippen molar-refractivity contribution in [1.82, 2.24) is 9.97 Å². The van der Waals surface area contributed by atoms with Crippen molar-refractivity contribution in [2.24, 2.45) is 11.5 Å². The average molecular weight is 274 g/mol. The van der Waals surface area contributed by atoms with Crippen LogP contribution in [0.5, 0.6) is 0 Å². The first kappa shape index (κ1) is 14.9. The number of hydrogen-bond donors (Lipinski definition) is 4. The van der Waals surface area contributed by atoms with Crippen molar-refractivity contribution in [3.63, 3.8) is 0 Å². The normalized spacial score (nSPS) is 9.20. The summed E-state index contributed by atoms with van der Waals surface area (Å²) in [5, 5.41) is 0. The Bertz CT molecular complexity index is 539. The molecule has 0 bridgehead atoms. The molecule has 0 aliphatic heterocycles. The zero-order valence-corrected chi connectivity index (χ0v) is 10.5. The van der Waals surface area contributed by atoms with Gasteiger partial charge in [0, 0.05) is 12.4 Å². The van der Waals surface area contributed by atoms with Crippen molar-refractivity contribution in [1.29, 1.82) is 0 Å². The number of aromatic nitrogens is 2. The summed E-state index contributed by atoms with van der Waals surface area (Å²) in [6.07, 6.45) is 2.69. The maximum Gasteiger partial charge on any atom is 0.250 e. The standard InChI is InChI=1S/2C6H7N3O/c2*7-5-2-1-4(3-9-5)6(8)10/h2*1-3H,(H2,7,9)(H2,8,10). The van der Waals surface area contributed by atoms with Gasteiger partial charge in [-0.25, -0.2) is 9.97 Å². The number of carbonyl (C=O) groups excluding carboxylic acids is 2. The van der Waals surface area contributed by atoms with Gasteiger partial charge in [-0.2, -0.15) is 0 Å². The Hall–Kier alpha value is -3.16. The Balaban J connectivity index is 0.000000200. The minimum absolute atomic E-state index is 0.370. The summed E-state index contributed by atoms with van der Waals surface area (Å²) in [5.74, 6) is -0.227. The van der Waals surface area contributed by atoms with Crippen molar-refractivity contribution < 1.29 is 9.59 Å². The third-order valence-electron chi connectivity index (χ3n) is 2.14. The highest BCUT2D eigenvalue weighted by atomic mass is 16.1. The maximum atomic E-state index is 10.5. The molecule has 2 amide bonds. The number of amides is 2. The molecule has 0 saturated heterocycles. The van der Waals surface area contributed by atoms with Crippen LogP contribution in [-0.2, 0) is 0 Å². The van der Waals surface area contributed by atoms with E-state index in [2.05, 4.69) is 9.97 Å². The van der Waals surface area contributed by atoms with Gasteiger partial charge in [-0.15, -0.1) is 0 Å². The first-order valence-corrected chi connectivity index (χ1v) is 5.43. The fraction of sp³-hybridized carbons (Fsp3) is 0. The quantitative estimate of drug-likeness (QED) is 0.577. The number of carbonyl (C=O) groups is 2. The third kappa shape index (κ3) is 4.61. The minimum atomic E-state index is -0.493. The molecule has 0 atom stereocenters. The van der Waals surface area contributed by atoms with E-state index in [0.717, 1.165) is 0 Å². The Morgan fingerprint density at radius 2 is 1.10 bits per heavy atom. The van der Waals surface area contributed by atoms with Crippen LogP contribution >= 0.6 is 0 Å². The molecule has 104 valence electrons. The molecule has 8 N–H and O–H groups in total. The summed E-state index contributed by atoms with van der Waals surface area (Å²) in [4.78, 5) is 28.3. The van der Waals surface area contributed by atoms with Crippen molar-refractivity contribution in [3.8, 4) is 0 Å². The van der Waals surface area contributed by atoms with Gasteiger partial charge in [-0.3, -0.25) is 9.59 Å². The van der Waals surface area contributed by atoms with Gasteiger partial charge >= 0.3 is 0 Å². The van der Waals surface area contributed by atoms with Gasteiger partial charge in [0.2, 0.25) is 11.8 Å². The second kappa shape index (κ2) is 6.69. The topological polar surface area (TPSA) is 164 Å². The lowest BCUT2D eigenvalue weighted by atomic mass is 10.3. The largest absolute Gasteiger partial charge is 0.384 e. The number of pyridine rings is 2. The van der Waals surface area contributed by atoms with E-state index in [4.69, 9.17) is 22.9 Å². The van der Waals surface area contributed by atoms with Gasteiger partial charge in [-0.05, 0) is 24.3 Å². The number of rotatable bonds is 2. The maximum absolute atomic E-state index is 10.5. The molecular weight excluding hydrogens is 260 g/mol. The number of hydrogen-bond acceptors (Lipinski definition) is 6. The molecule has 0 aromatic carbocycles. The Labute approximate surface area is 114 Å². The van der Waals surface area contributed by atoms with E-state index in [1.807, 2.05) is 0 Å². The van der Waals surface area contributed by atoms with Crippen molar-refractivity contribution in [2.75, 3.05) is 11.5 Å². The highest BCUT2D eigenvalue weighted by molar-refractivity contribution is 5.92. The first-order chi connectivity index (χ1) is 9.40. The summed E-state index contributed by atoms with van der Waals surface area (Å²) < 4.78 is 0. The van der Waals surface area contributed by atoms with Crippen LogP contribution in [0.3, 0.4) is 0 Å². The summed E-state index contributed by atoms with van der Waals surface area (Å²) in [7, 11) is 0. The lowest BCUT2D eigenvalue weighted by Gasteiger charge is -1.93. The van der Waals surface area contributed by atoms with Crippen LogP contribution < -0.4 is 22.9 Å². The van der Waals surface area contributed by atoms with Gasteiger partial charge in [0.05, 0.1) is 11.1 Å². The zero-order chi connectivity index (χ0) is 15.1. The SMILES string of the molecule is NC(=O)c1ccc(N)nc1.NC(=O)c1ccc(N)nc1. The van der Waals surface area contributed by atoms with Gasteiger partial charge in [0.25, 0.3) is 0 Å². The summed E-state index contributed by atoms with van der Waals surface area (Å²) in [6, 6.07) is 6.12. The van der Waals surface area contributed by atoms with Crippen molar-refractivity contribution in [3.05, 3.63) is 47.8 Å². The number of nitrogen functional groups attached to an aromatic ring is 2. The Morgan fingerprint density at radius 1 is 0.750 bits per heavy atom. The van der Waals surface area contributed by atoms with E-state index in [1.165, 1.54) is 36.7 Å². The lowest BCUT2D eigenvalue weighted by Crippen LogP contribution is -2.11. The number of primary amides is 2. The predicted octanol–water partition coefficient (Wildman–Crippen LogP) is -0.475. The lowest BCUT2D eigenvalue weighted by molar-refractivity contribution is 0.0991. The molecule has 0 aliphatic rings. The fourth-order valence-electron chi connectivity index (χ4n) is 1.10. The molecule has 2 aromatic rings. The number of nitrogens with two attached hydrogens (primary N) is 4. The molecule has 2 rings (SSSR count). The summed E-state index contributed by atoms with van der Waals surface area (Å²) in [5.41, 5.74) is 21.2. The Kier molecular flexibility index (Phi) is 4.98. The van der Waals surface area contributed by atoms with Crippen LogP contribution in [-0.4, -0.2) is 21.8 Å². The first-order valence-electron chi connectivity index (χ1n) is 5.43. The van der Waals surface area contributed by atoms with E-state index in [0.29, 0.717) is 22.8 Å². The molecule has 0 saturated carbocycles. The smallest absolute Gasteiger partial charge is 0.250 e. The highest BCUT2D eigenvalue weighted by Gasteiger charge is 1.98. The van der Waals surface area contributed by atoms with Crippen molar-refractivity contribution >= 4 is 23.5 Å². The second-order valence-corrected chi connectivity index (χ2v) is 3.67. The van der Waals surface area contributed by atoms with Crippen LogP contribution in [0, 0.1) is 0 Å². The van der Waals surface area contributed by atoms with Crippen LogP contribution in [0.15, 0.2) is 36.7 Å². The molecule has 8 heteroatoms. The van der Waals surface area contributed by atoms with Crippen LogP contribution in [0.1, 0.15) is 20.7 Å². The van der Waals surface area contributed by atoms with E-state index >= 15 is 0 Å². The minimum Gasteiger partial charge on any atom is -0.384 e. The molecule has 20 heavy (non-hydrogen) atoms. The van der Waals surface area contributed by atoms with Crippen LogP contribution in [0.4, 0.5) is 11.6 Å². The van der Waals surface area contributed by atoms with E-state index in [1.54, 1.807) is 0 Å². The van der Waals surface area contributed by atoms with Gasteiger partial charge < -0.3 is 22.9 Å². The molecule has 0 fully saturated rings. The van der Waals surface area contributed by atoms with E-state index in [9.17, 15) is 9.59 Å².